The van der Waals surface area contributed by atoms with Gasteiger partial charge in [0.25, 0.3) is 0 Å². The fraction of sp³-hybridized carbons (Fsp3) is 0.385. The Balaban J connectivity index is 1.92. The summed E-state index contributed by atoms with van der Waals surface area (Å²) in [5.74, 6) is 0. The summed E-state index contributed by atoms with van der Waals surface area (Å²) in [5, 5.41) is 0. The van der Waals surface area contributed by atoms with Crippen LogP contribution in [0.5, 0.6) is 0 Å². The minimum Gasteiger partial charge on any atom is -0.379 e. The molecule has 0 amide bonds. The van der Waals surface area contributed by atoms with E-state index in [9.17, 15) is 0 Å². The second-order valence-electron chi connectivity index (χ2n) is 3.76. The third-order valence-electron chi connectivity index (χ3n) is 2.57. The Morgan fingerprint density at radius 2 is 1.73 bits per heavy atom. The average Bonchev–Trinajstić information content (AvgIpc) is 2.23. The monoisotopic (exact) mass is 203 g/mol. The topological polar surface area (TPSA) is 12.5 Å². The highest BCUT2D eigenvalue weighted by molar-refractivity contribution is 5.31. The van der Waals surface area contributed by atoms with Gasteiger partial charge in [-0.25, -0.2) is 0 Å². The van der Waals surface area contributed by atoms with Crippen molar-refractivity contribution in [3.05, 3.63) is 48.1 Å². The molecule has 0 spiro atoms. The summed E-state index contributed by atoms with van der Waals surface area (Å²) in [6, 6.07) is 0. The number of allylic oxidation sites excluding steroid dienone is 6. The van der Waals surface area contributed by atoms with Crippen molar-refractivity contribution in [1.29, 1.82) is 0 Å². The van der Waals surface area contributed by atoms with Crippen LogP contribution in [0.1, 0.15) is 0 Å². The van der Waals surface area contributed by atoms with Gasteiger partial charge in [-0.1, -0.05) is 42.5 Å². The van der Waals surface area contributed by atoms with E-state index >= 15 is 0 Å². The fourth-order valence-electron chi connectivity index (χ4n) is 1.73. The van der Waals surface area contributed by atoms with Gasteiger partial charge in [0, 0.05) is 19.6 Å². The van der Waals surface area contributed by atoms with Gasteiger partial charge in [0.05, 0.1) is 13.2 Å². The number of hydrogen-bond donors (Lipinski definition) is 0. The molecular weight excluding hydrogens is 186 g/mol. The Morgan fingerprint density at radius 3 is 2.60 bits per heavy atom. The van der Waals surface area contributed by atoms with Crippen molar-refractivity contribution in [2.75, 3.05) is 32.8 Å². The van der Waals surface area contributed by atoms with E-state index < -0.39 is 0 Å². The van der Waals surface area contributed by atoms with Crippen LogP contribution in [-0.2, 0) is 4.74 Å². The molecule has 0 aromatic heterocycles. The number of ether oxygens (including phenoxy) is 1. The lowest BCUT2D eigenvalue weighted by molar-refractivity contribution is 0.0426. The maximum absolute atomic E-state index is 5.33. The SMILES string of the molecule is C1=C\C=C/C(CN2CCOCC2)=C\C=C/1. The van der Waals surface area contributed by atoms with E-state index in [0.29, 0.717) is 0 Å². The van der Waals surface area contributed by atoms with E-state index in [2.05, 4.69) is 41.4 Å². The van der Waals surface area contributed by atoms with Gasteiger partial charge < -0.3 is 4.74 Å². The zero-order chi connectivity index (χ0) is 10.3. The zero-order valence-electron chi connectivity index (χ0n) is 8.93. The van der Waals surface area contributed by atoms with Gasteiger partial charge in [-0.2, -0.15) is 0 Å². The van der Waals surface area contributed by atoms with Crippen LogP contribution in [0, 0.1) is 0 Å². The fourth-order valence-corrected chi connectivity index (χ4v) is 1.73. The third kappa shape index (κ3) is 3.50. The first-order valence-electron chi connectivity index (χ1n) is 5.46. The molecule has 0 saturated carbocycles. The molecule has 1 aliphatic carbocycles. The predicted octanol–water partition coefficient (Wildman–Crippen LogP) is 1.93. The molecule has 2 aliphatic rings. The molecule has 1 aliphatic heterocycles. The number of nitrogens with zero attached hydrogens (tertiary/aromatic N) is 1. The average molecular weight is 203 g/mol. The smallest absolute Gasteiger partial charge is 0.0594 e. The van der Waals surface area contributed by atoms with E-state index in [4.69, 9.17) is 4.74 Å². The molecule has 15 heavy (non-hydrogen) atoms. The quantitative estimate of drug-likeness (QED) is 0.680. The molecule has 0 bridgehead atoms. The summed E-state index contributed by atoms with van der Waals surface area (Å²) in [5.41, 5.74) is 1.36. The van der Waals surface area contributed by atoms with Crippen LogP contribution in [0.4, 0.5) is 0 Å². The van der Waals surface area contributed by atoms with Crippen LogP contribution in [-0.4, -0.2) is 37.7 Å². The van der Waals surface area contributed by atoms with E-state index in [0.717, 1.165) is 32.8 Å². The summed E-state index contributed by atoms with van der Waals surface area (Å²) < 4.78 is 5.33. The second-order valence-corrected chi connectivity index (χ2v) is 3.76. The van der Waals surface area contributed by atoms with E-state index in [1.54, 1.807) is 0 Å². The first-order chi connectivity index (χ1) is 7.45. The van der Waals surface area contributed by atoms with Gasteiger partial charge in [0.15, 0.2) is 0 Å². The van der Waals surface area contributed by atoms with Gasteiger partial charge in [0.1, 0.15) is 0 Å². The molecule has 0 atom stereocenters. The predicted molar refractivity (Wildman–Crippen MR) is 62.8 cm³/mol. The molecule has 0 radical (unpaired) electrons. The van der Waals surface area contributed by atoms with Gasteiger partial charge in [0.2, 0.25) is 0 Å². The maximum atomic E-state index is 5.33. The Labute approximate surface area is 91.2 Å². The van der Waals surface area contributed by atoms with Crippen molar-refractivity contribution >= 4 is 0 Å². The van der Waals surface area contributed by atoms with E-state index in [1.165, 1.54) is 5.57 Å². The minimum atomic E-state index is 0.868. The molecule has 0 aromatic rings. The third-order valence-corrected chi connectivity index (χ3v) is 2.57. The summed E-state index contributed by atoms with van der Waals surface area (Å²) in [4.78, 5) is 2.43. The lowest BCUT2D eigenvalue weighted by atomic mass is 10.1. The van der Waals surface area contributed by atoms with Crippen molar-refractivity contribution in [2.45, 2.75) is 0 Å². The number of hydrogen-bond acceptors (Lipinski definition) is 2. The molecule has 1 fully saturated rings. The molecule has 0 N–H and O–H groups in total. The minimum absolute atomic E-state index is 0.868. The first kappa shape index (κ1) is 10.4. The van der Waals surface area contributed by atoms with Crippen LogP contribution in [0.15, 0.2) is 48.1 Å². The van der Waals surface area contributed by atoms with Crippen LogP contribution in [0.2, 0.25) is 0 Å². The normalized spacial score (nSPS) is 32.1. The lowest BCUT2D eigenvalue weighted by Gasteiger charge is -2.26. The highest BCUT2D eigenvalue weighted by atomic mass is 16.5. The van der Waals surface area contributed by atoms with Crippen molar-refractivity contribution in [2.24, 2.45) is 0 Å². The highest BCUT2D eigenvalue weighted by Crippen LogP contribution is 2.06. The zero-order valence-corrected chi connectivity index (χ0v) is 8.93. The molecular formula is C13H17NO. The molecule has 0 aromatic carbocycles. The molecule has 1 heterocycles. The van der Waals surface area contributed by atoms with E-state index in [-0.39, 0.29) is 0 Å². The van der Waals surface area contributed by atoms with Gasteiger partial charge >= 0.3 is 0 Å². The Bertz CT molecular complexity index is 306. The highest BCUT2D eigenvalue weighted by Gasteiger charge is 2.10. The molecule has 2 heteroatoms. The van der Waals surface area contributed by atoms with E-state index in [1.807, 2.05) is 6.08 Å². The molecule has 2 rings (SSSR count). The van der Waals surface area contributed by atoms with Gasteiger partial charge in [-0.15, -0.1) is 0 Å². The van der Waals surface area contributed by atoms with Crippen molar-refractivity contribution < 1.29 is 4.74 Å². The second kappa shape index (κ2) is 5.69. The van der Waals surface area contributed by atoms with Crippen molar-refractivity contribution in [1.82, 2.24) is 4.90 Å². The summed E-state index contributed by atoms with van der Waals surface area (Å²) in [7, 11) is 0. The Morgan fingerprint density at radius 1 is 1.00 bits per heavy atom. The molecule has 1 saturated heterocycles. The van der Waals surface area contributed by atoms with Crippen LogP contribution < -0.4 is 0 Å². The maximum Gasteiger partial charge on any atom is 0.0594 e. The van der Waals surface area contributed by atoms with Crippen molar-refractivity contribution in [3.8, 4) is 0 Å². The molecule has 0 unspecified atom stereocenters. The van der Waals surface area contributed by atoms with Crippen LogP contribution in [0.3, 0.4) is 0 Å². The number of morpholine rings is 1. The largest absolute Gasteiger partial charge is 0.379 e. The van der Waals surface area contributed by atoms with Crippen LogP contribution in [0.25, 0.3) is 0 Å². The Hall–Kier alpha value is -1.12. The molecule has 2 nitrogen and oxygen atoms in total. The van der Waals surface area contributed by atoms with Gasteiger partial charge in [-0.05, 0) is 5.57 Å². The first-order valence-corrected chi connectivity index (χ1v) is 5.46. The summed E-state index contributed by atoms with van der Waals surface area (Å²) >= 11 is 0. The number of rotatable bonds is 2. The standard InChI is InChI=1S/C13H17NO/c1-2-4-6-13(7-5-3-1)12-14-8-10-15-11-9-14/h1-7H,8-12H2/b2-1-,3-1?,4-2?,5-3-,6-4-,7-5?,13-6?,13-7+. The molecule has 80 valence electrons. The van der Waals surface area contributed by atoms with Crippen molar-refractivity contribution in [3.63, 3.8) is 0 Å². The van der Waals surface area contributed by atoms with Gasteiger partial charge in [-0.3, -0.25) is 4.90 Å². The summed E-state index contributed by atoms with van der Waals surface area (Å²) in [6.07, 6.45) is 14.7. The van der Waals surface area contributed by atoms with Crippen LogP contribution >= 0.6 is 0 Å². The summed E-state index contributed by atoms with van der Waals surface area (Å²) in [6.45, 7) is 4.85. The lowest BCUT2D eigenvalue weighted by Crippen LogP contribution is -2.37. The Kier molecular flexibility index (Phi) is 3.94.